The zero-order valence-corrected chi connectivity index (χ0v) is 25.5. The minimum absolute atomic E-state index is 0.0339. The van der Waals surface area contributed by atoms with Gasteiger partial charge in [0.25, 0.3) is 0 Å². The Labute approximate surface area is 235 Å². The molecule has 212 valence electrons. The van der Waals surface area contributed by atoms with E-state index < -0.39 is 0 Å². The molecular formula is C27H48N4O4S2. The first-order valence-corrected chi connectivity index (χ1v) is 14.7. The van der Waals surface area contributed by atoms with Gasteiger partial charge in [-0.05, 0) is 86.5 Å². The summed E-state index contributed by atoms with van der Waals surface area (Å²) in [6, 6.07) is 0.0677. The molecule has 0 aromatic heterocycles. The maximum absolute atomic E-state index is 12.6. The molecule has 2 saturated heterocycles. The van der Waals surface area contributed by atoms with Gasteiger partial charge in [-0.3, -0.25) is 9.80 Å². The highest BCUT2D eigenvalue weighted by Gasteiger charge is 2.42. The van der Waals surface area contributed by atoms with Crippen molar-refractivity contribution in [2.75, 3.05) is 52.6 Å². The fourth-order valence-electron chi connectivity index (χ4n) is 5.00. The smallest absolute Gasteiger partial charge is 0.325 e. The van der Waals surface area contributed by atoms with Gasteiger partial charge in [0.15, 0.2) is 0 Å². The van der Waals surface area contributed by atoms with Crippen molar-refractivity contribution >= 4 is 46.5 Å². The van der Waals surface area contributed by atoms with Crippen molar-refractivity contribution < 1.29 is 19.1 Å². The molecule has 0 N–H and O–H groups in total. The van der Waals surface area contributed by atoms with Gasteiger partial charge in [-0.2, -0.15) is 0 Å². The van der Waals surface area contributed by atoms with Crippen LogP contribution in [-0.2, 0) is 9.47 Å². The maximum atomic E-state index is 12.6. The monoisotopic (exact) mass is 556 g/mol. The van der Waals surface area contributed by atoms with E-state index >= 15 is 0 Å². The topological polar surface area (TPSA) is 65.6 Å². The van der Waals surface area contributed by atoms with Crippen LogP contribution in [0.4, 0.5) is 9.59 Å². The first-order chi connectivity index (χ1) is 17.5. The molecule has 2 aliphatic heterocycles. The first kappa shape index (κ1) is 31.9. The lowest BCUT2D eigenvalue weighted by atomic mass is 9.95. The van der Waals surface area contributed by atoms with Crippen molar-refractivity contribution in [2.45, 2.75) is 97.6 Å². The van der Waals surface area contributed by atoms with E-state index in [-0.39, 0.29) is 23.1 Å². The van der Waals surface area contributed by atoms with Gasteiger partial charge >= 0.3 is 12.1 Å². The lowest BCUT2D eigenvalue weighted by Gasteiger charge is -2.35. The molecule has 2 heterocycles. The third-order valence-electron chi connectivity index (χ3n) is 7.28. The van der Waals surface area contributed by atoms with Crippen LogP contribution in [0.1, 0.15) is 86.5 Å². The highest BCUT2D eigenvalue weighted by atomic mass is 32.1. The number of carbonyl (C=O) groups is 2. The molecule has 8 nitrogen and oxygen atoms in total. The summed E-state index contributed by atoms with van der Waals surface area (Å²) in [5, 5.41) is 0. The molecule has 4 amide bonds. The molecule has 0 saturated carbocycles. The molecule has 0 spiro atoms. The number of hydrogen-bond donors (Lipinski definition) is 0. The van der Waals surface area contributed by atoms with Crippen LogP contribution < -0.4 is 0 Å². The molecule has 10 heteroatoms. The number of thiocarbonyl (C=S) groups is 2. The van der Waals surface area contributed by atoms with Crippen LogP contribution in [0.5, 0.6) is 0 Å². The van der Waals surface area contributed by atoms with Gasteiger partial charge in [-0.1, -0.05) is 24.4 Å². The number of carbonyl (C=O) groups excluding carboxylic acids is 2. The minimum Gasteiger partial charge on any atom is -0.381 e. The fourth-order valence-corrected chi connectivity index (χ4v) is 5.96. The average Bonchev–Trinajstić information content (AvgIpc) is 3.30. The Bertz CT molecular complexity index is 741. The number of ether oxygens (including phenoxy) is 2. The van der Waals surface area contributed by atoms with Crippen LogP contribution in [0, 0.1) is 0 Å². The zero-order valence-electron chi connectivity index (χ0n) is 23.8. The van der Waals surface area contributed by atoms with Crippen LogP contribution in [0.3, 0.4) is 0 Å². The standard InChI is InChI=1S/C27H48N4O4S2/c1-7-28-20-22(36)30(24(28)32)26(3,4)14-9-11-16-34-18-13-19-35-17-12-10-15-27(5,6)31-23(37)21-29(8-2)25(31)33/h7-21H2,1-6H3. The van der Waals surface area contributed by atoms with Crippen LogP contribution >= 0.6 is 24.4 Å². The maximum Gasteiger partial charge on any atom is 0.325 e. The lowest BCUT2D eigenvalue weighted by Crippen LogP contribution is -2.48. The number of likely N-dealkylation sites (N-methyl/N-ethyl adjacent to an activating group) is 2. The summed E-state index contributed by atoms with van der Waals surface area (Å²) in [6.45, 7) is 17.7. The molecule has 2 aliphatic rings. The van der Waals surface area contributed by atoms with Crippen molar-refractivity contribution in [3.63, 3.8) is 0 Å². The average molecular weight is 557 g/mol. The van der Waals surface area contributed by atoms with E-state index in [1.807, 2.05) is 13.8 Å². The molecular weight excluding hydrogens is 508 g/mol. The van der Waals surface area contributed by atoms with Crippen molar-refractivity contribution in [2.24, 2.45) is 0 Å². The minimum atomic E-state index is -0.271. The fraction of sp³-hybridized carbons (Fsp3) is 0.852. The third kappa shape index (κ3) is 8.83. The summed E-state index contributed by atoms with van der Waals surface area (Å²) >= 11 is 10.9. The Morgan fingerprint density at radius 3 is 1.32 bits per heavy atom. The number of amides is 4. The number of hydrogen-bond acceptors (Lipinski definition) is 6. The highest BCUT2D eigenvalue weighted by molar-refractivity contribution is 7.80. The van der Waals surface area contributed by atoms with Crippen LogP contribution in [-0.4, -0.2) is 105 Å². The summed E-state index contributed by atoms with van der Waals surface area (Å²) < 4.78 is 11.5. The van der Waals surface area contributed by atoms with E-state index in [1.165, 1.54) is 0 Å². The van der Waals surface area contributed by atoms with E-state index in [2.05, 4.69) is 27.7 Å². The normalized spacial score (nSPS) is 17.2. The first-order valence-electron chi connectivity index (χ1n) is 13.9. The van der Waals surface area contributed by atoms with Crippen molar-refractivity contribution in [1.82, 2.24) is 19.6 Å². The largest absolute Gasteiger partial charge is 0.381 e. The van der Waals surface area contributed by atoms with Gasteiger partial charge < -0.3 is 19.3 Å². The van der Waals surface area contributed by atoms with E-state index in [9.17, 15) is 9.59 Å². The molecule has 0 bridgehead atoms. The molecule has 2 rings (SSSR count). The Hall–Kier alpha value is -1.36. The SMILES string of the molecule is CCN1CC(=S)N(C(C)(C)CCCCOCCCOCCCCC(C)(C)N2C(=O)N(CC)CC2=S)C1=O. The summed E-state index contributed by atoms with van der Waals surface area (Å²) in [5.74, 6) is 0. The molecule has 0 aromatic rings. The quantitative estimate of drug-likeness (QED) is 0.165. The van der Waals surface area contributed by atoms with E-state index in [0.717, 1.165) is 68.1 Å². The highest BCUT2D eigenvalue weighted by Crippen LogP contribution is 2.29. The van der Waals surface area contributed by atoms with Gasteiger partial charge in [-0.15, -0.1) is 0 Å². The second-order valence-electron chi connectivity index (χ2n) is 11.2. The third-order valence-corrected chi connectivity index (χ3v) is 7.90. The van der Waals surface area contributed by atoms with Crippen LogP contribution in [0.15, 0.2) is 0 Å². The van der Waals surface area contributed by atoms with Crippen molar-refractivity contribution in [3.8, 4) is 0 Å². The number of urea groups is 2. The lowest BCUT2D eigenvalue weighted by molar-refractivity contribution is 0.0775. The number of unbranched alkanes of at least 4 members (excludes halogenated alkanes) is 2. The van der Waals surface area contributed by atoms with Crippen molar-refractivity contribution in [3.05, 3.63) is 0 Å². The molecule has 0 unspecified atom stereocenters. The summed E-state index contributed by atoms with van der Waals surface area (Å²) in [5.41, 5.74) is -0.542. The second kappa shape index (κ2) is 14.7. The van der Waals surface area contributed by atoms with Crippen molar-refractivity contribution in [1.29, 1.82) is 0 Å². The van der Waals surface area contributed by atoms with Crippen LogP contribution in [0.25, 0.3) is 0 Å². The molecule has 0 aliphatic carbocycles. The molecule has 37 heavy (non-hydrogen) atoms. The summed E-state index contributed by atoms with van der Waals surface area (Å²) in [7, 11) is 0. The van der Waals surface area contributed by atoms with Crippen LogP contribution in [0.2, 0.25) is 0 Å². The predicted molar refractivity (Wildman–Crippen MR) is 156 cm³/mol. The van der Waals surface area contributed by atoms with Gasteiger partial charge in [-0.25, -0.2) is 9.59 Å². The van der Waals surface area contributed by atoms with Gasteiger partial charge in [0, 0.05) is 50.6 Å². The molecule has 2 fully saturated rings. The second-order valence-corrected chi connectivity index (χ2v) is 12.1. The Morgan fingerprint density at radius 1 is 0.649 bits per heavy atom. The van der Waals surface area contributed by atoms with E-state index in [1.54, 1.807) is 19.6 Å². The predicted octanol–water partition coefficient (Wildman–Crippen LogP) is 5.48. The Balaban J connectivity index is 1.47. The summed E-state index contributed by atoms with van der Waals surface area (Å²) in [4.78, 5) is 33.8. The zero-order chi connectivity index (χ0) is 27.6. The summed E-state index contributed by atoms with van der Waals surface area (Å²) in [6.07, 6.45) is 6.58. The Morgan fingerprint density at radius 2 is 1.00 bits per heavy atom. The van der Waals surface area contributed by atoms with Gasteiger partial charge in [0.2, 0.25) is 0 Å². The van der Waals surface area contributed by atoms with Gasteiger partial charge in [0.05, 0.1) is 13.1 Å². The Kier molecular flexibility index (Phi) is 12.7. The molecule has 0 radical (unpaired) electrons. The number of rotatable bonds is 18. The molecule has 0 aromatic carbocycles. The molecule has 0 atom stereocenters. The van der Waals surface area contributed by atoms with E-state index in [4.69, 9.17) is 33.9 Å². The van der Waals surface area contributed by atoms with Gasteiger partial charge in [0.1, 0.15) is 9.98 Å². The van der Waals surface area contributed by atoms with E-state index in [0.29, 0.717) is 39.4 Å². The number of nitrogens with zero attached hydrogens (tertiary/aromatic N) is 4.